The summed E-state index contributed by atoms with van der Waals surface area (Å²) in [7, 11) is 0. The van der Waals surface area contributed by atoms with Gasteiger partial charge in [0.05, 0.1) is 0 Å². The molecular formula is C11H20N2O. The minimum atomic E-state index is 0.139. The third-order valence-electron chi connectivity index (χ3n) is 2.44. The fraction of sp³-hybridized carbons (Fsp3) is 0.727. The first-order chi connectivity index (χ1) is 6.68. The van der Waals surface area contributed by atoms with E-state index in [1.165, 1.54) is 12.8 Å². The first-order valence-corrected chi connectivity index (χ1v) is 5.32. The molecule has 0 saturated carbocycles. The fourth-order valence-electron chi connectivity index (χ4n) is 1.60. The molecule has 1 aliphatic rings. The molecule has 0 aromatic carbocycles. The smallest absolute Gasteiger partial charge is 0.221 e. The van der Waals surface area contributed by atoms with Crippen LogP contribution in [0.15, 0.2) is 12.2 Å². The second-order valence-corrected chi connectivity index (χ2v) is 4.03. The van der Waals surface area contributed by atoms with E-state index in [0.717, 1.165) is 25.2 Å². The van der Waals surface area contributed by atoms with Gasteiger partial charge in [0, 0.05) is 19.5 Å². The molecular weight excluding hydrogens is 176 g/mol. The van der Waals surface area contributed by atoms with E-state index in [4.69, 9.17) is 0 Å². The number of carbonyl (C=O) groups excluding carboxylic acids is 1. The second kappa shape index (κ2) is 5.81. The highest BCUT2D eigenvalue weighted by Crippen LogP contribution is 2.07. The molecule has 1 saturated heterocycles. The number of hydrogen-bond acceptors (Lipinski definition) is 2. The highest BCUT2D eigenvalue weighted by molar-refractivity contribution is 5.76. The summed E-state index contributed by atoms with van der Waals surface area (Å²) in [5, 5.41) is 2.84. The normalized spacial score (nSPS) is 16.9. The molecule has 0 aromatic rings. The second-order valence-electron chi connectivity index (χ2n) is 4.03. The van der Waals surface area contributed by atoms with Crippen molar-refractivity contribution < 1.29 is 4.79 Å². The van der Waals surface area contributed by atoms with Gasteiger partial charge in [-0.05, 0) is 32.9 Å². The summed E-state index contributed by atoms with van der Waals surface area (Å²) in [6.07, 6.45) is 3.19. The summed E-state index contributed by atoms with van der Waals surface area (Å²) in [5.74, 6) is 0.139. The Labute approximate surface area is 86.2 Å². The van der Waals surface area contributed by atoms with Crippen molar-refractivity contribution >= 4 is 5.91 Å². The Kier molecular flexibility index (Phi) is 4.66. The SMILES string of the molecule is C=C(C)CNC(=O)CCN1CCCC1. The zero-order chi connectivity index (χ0) is 10.4. The number of rotatable bonds is 5. The van der Waals surface area contributed by atoms with Gasteiger partial charge < -0.3 is 10.2 Å². The summed E-state index contributed by atoms with van der Waals surface area (Å²) in [6.45, 7) is 9.49. The van der Waals surface area contributed by atoms with E-state index in [2.05, 4.69) is 16.8 Å². The molecule has 1 aliphatic heterocycles. The van der Waals surface area contributed by atoms with Crippen LogP contribution in [0.5, 0.6) is 0 Å². The molecule has 1 rings (SSSR count). The number of amides is 1. The molecule has 1 N–H and O–H groups in total. The molecule has 0 radical (unpaired) electrons. The maximum atomic E-state index is 11.3. The molecule has 0 atom stereocenters. The van der Waals surface area contributed by atoms with Crippen molar-refractivity contribution in [1.82, 2.24) is 10.2 Å². The molecule has 1 amide bonds. The molecule has 1 fully saturated rings. The van der Waals surface area contributed by atoms with Gasteiger partial charge in [-0.15, -0.1) is 0 Å². The highest BCUT2D eigenvalue weighted by Gasteiger charge is 2.12. The van der Waals surface area contributed by atoms with E-state index in [-0.39, 0.29) is 5.91 Å². The molecule has 14 heavy (non-hydrogen) atoms. The van der Waals surface area contributed by atoms with Crippen molar-refractivity contribution in [3.63, 3.8) is 0 Å². The van der Waals surface area contributed by atoms with E-state index in [9.17, 15) is 4.79 Å². The average Bonchev–Trinajstić information content (AvgIpc) is 2.63. The molecule has 3 nitrogen and oxygen atoms in total. The Hall–Kier alpha value is -0.830. The minimum Gasteiger partial charge on any atom is -0.352 e. The molecule has 0 unspecified atom stereocenters. The van der Waals surface area contributed by atoms with Crippen LogP contribution in [0.25, 0.3) is 0 Å². The van der Waals surface area contributed by atoms with Crippen LogP contribution < -0.4 is 5.32 Å². The van der Waals surface area contributed by atoms with Crippen LogP contribution in [0.4, 0.5) is 0 Å². The third kappa shape index (κ3) is 4.42. The summed E-state index contributed by atoms with van der Waals surface area (Å²) >= 11 is 0. The maximum Gasteiger partial charge on any atom is 0.221 e. The number of likely N-dealkylation sites (tertiary alicyclic amines) is 1. The van der Waals surface area contributed by atoms with Crippen molar-refractivity contribution in [2.75, 3.05) is 26.2 Å². The van der Waals surface area contributed by atoms with Gasteiger partial charge in [-0.1, -0.05) is 12.2 Å². The number of nitrogens with zero attached hydrogens (tertiary/aromatic N) is 1. The lowest BCUT2D eigenvalue weighted by Gasteiger charge is -2.13. The van der Waals surface area contributed by atoms with E-state index in [0.29, 0.717) is 13.0 Å². The topological polar surface area (TPSA) is 32.3 Å². The van der Waals surface area contributed by atoms with Crippen LogP contribution in [0.3, 0.4) is 0 Å². The highest BCUT2D eigenvalue weighted by atomic mass is 16.1. The van der Waals surface area contributed by atoms with Gasteiger partial charge in [0.2, 0.25) is 5.91 Å². The van der Waals surface area contributed by atoms with Gasteiger partial charge in [0.1, 0.15) is 0 Å². The molecule has 3 heteroatoms. The zero-order valence-corrected chi connectivity index (χ0v) is 9.01. The average molecular weight is 196 g/mol. The van der Waals surface area contributed by atoms with Gasteiger partial charge in [0.15, 0.2) is 0 Å². The van der Waals surface area contributed by atoms with Gasteiger partial charge >= 0.3 is 0 Å². The molecule has 0 spiro atoms. The van der Waals surface area contributed by atoms with Crippen LogP contribution in [0.2, 0.25) is 0 Å². The monoisotopic (exact) mass is 196 g/mol. The van der Waals surface area contributed by atoms with Gasteiger partial charge in [-0.2, -0.15) is 0 Å². The van der Waals surface area contributed by atoms with Gasteiger partial charge in [-0.3, -0.25) is 4.79 Å². The van der Waals surface area contributed by atoms with Crippen LogP contribution >= 0.6 is 0 Å². The first kappa shape index (κ1) is 11.2. The molecule has 0 aromatic heterocycles. The lowest BCUT2D eigenvalue weighted by molar-refractivity contribution is -0.121. The van der Waals surface area contributed by atoms with E-state index < -0.39 is 0 Å². The van der Waals surface area contributed by atoms with Crippen molar-refractivity contribution in [2.45, 2.75) is 26.2 Å². The first-order valence-electron chi connectivity index (χ1n) is 5.32. The molecule has 0 bridgehead atoms. The summed E-state index contributed by atoms with van der Waals surface area (Å²) in [5.41, 5.74) is 1.000. The zero-order valence-electron chi connectivity index (χ0n) is 9.01. The Morgan fingerprint density at radius 3 is 2.64 bits per heavy atom. The summed E-state index contributed by atoms with van der Waals surface area (Å²) in [4.78, 5) is 13.7. The van der Waals surface area contributed by atoms with Crippen LogP contribution in [-0.4, -0.2) is 37.0 Å². The molecule has 1 heterocycles. The third-order valence-corrected chi connectivity index (χ3v) is 2.44. The number of carbonyl (C=O) groups is 1. The van der Waals surface area contributed by atoms with Crippen molar-refractivity contribution in [3.8, 4) is 0 Å². The van der Waals surface area contributed by atoms with Crippen molar-refractivity contribution in [1.29, 1.82) is 0 Å². The summed E-state index contributed by atoms with van der Waals surface area (Å²) < 4.78 is 0. The minimum absolute atomic E-state index is 0.139. The Balaban J connectivity index is 2.05. The predicted molar refractivity (Wildman–Crippen MR) is 58.1 cm³/mol. The molecule has 80 valence electrons. The number of hydrogen-bond donors (Lipinski definition) is 1. The van der Waals surface area contributed by atoms with Crippen molar-refractivity contribution in [3.05, 3.63) is 12.2 Å². The van der Waals surface area contributed by atoms with E-state index >= 15 is 0 Å². The number of nitrogens with one attached hydrogen (secondary N) is 1. The largest absolute Gasteiger partial charge is 0.352 e. The van der Waals surface area contributed by atoms with E-state index in [1.807, 2.05) is 6.92 Å². The Morgan fingerprint density at radius 2 is 2.07 bits per heavy atom. The van der Waals surface area contributed by atoms with Gasteiger partial charge in [0.25, 0.3) is 0 Å². The van der Waals surface area contributed by atoms with Gasteiger partial charge in [-0.25, -0.2) is 0 Å². The lowest BCUT2D eigenvalue weighted by Crippen LogP contribution is -2.30. The fourth-order valence-corrected chi connectivity index (χ4v) is 1.60. The van der Waals surface area contributed by atoms with Crippen LogP contribution in [-0.2, 0) is 4.79 Å². The quantitative estimate of drug-likeness (QED) is 0.669. The summed E-state index contributed by atoms with van der Waals surface area (Å²) in [6, 6.07) is 0. The van der Waals surface area contributed by atoms with E-state index in [1.54, 1.807) is 0 Å². The Morgan fingerprint density at radius 1 is 1.43 bits per heavy atom. The van der Waals surface area contributed by atoms with Crippen molar-refractivity contribution in [2.24, 2.45) is 0 Å². The Bertz CT molecular complexity index is 207. The lowest BCUT2D eigenvalue weighted by atomic mass is 10.3. The molecule has 0 aliphatic carbocycles. The maximum absolute atomic E-state index is 11.3. The standard InChI is InChI=1S/C11H20N2O/c1-10(2)9-12-11(14)5-8-13-6-3-4-7-13/h1,3-9H2,2H3,(H,12,14). The predicted octanol–water partition coefficient (Wildman–Crippen LogP) is 1.16. The van der Waals surface area contributed by atoms with Crippen LogP contribution in [0.1, 0.15) is 26.2 Å². The van der Waals surface area contributed by atoms with Crippen LogP contribution in [0, 0.1) is 0 Å².